The van der Waals surface area contributed by atoms with Crippen molar-refractivity contribution >= 4 is 55.7 Å². The van der Waals surface area contributed by atoms with Gasteiger partial charge in [-0.3, -0.25) is 0 Å². The van der Waals surface area contributed by atoms with E-state index in [9.17, 15) is 0 Å². The molecule has 2 aliphatic carbocycles. The van der Waals surface area contributed by atoms with Crippen LogP contribution in [0.25, 0.3) is 66.1 Å². The van der Waals surface area contributed by atoms with E-state index in [1.807, 2.05) is 0 Å². The van der Waals surface area contributed by atoms with E-state index < -0.39 is 0 Å². The Hall–Kier alpha value is -8.46. The molecule has 11 aromatic rings. The summed E-state index contributed by atoms with van der Waals surface area (Å²) in [5.74, 6) is 0. The van der Waals surface area contributed by atoms with Gasteiger partial charge in [0.15, 0.2) is 0 Å². The first-order valence-corrected chi connectivity index (χ1v) is 25.7. The summed E-state index contributed by atoms with van der Waals surface area (Å²) in [6.45, 7) is 9.60. The molecule has 0 radical (unpaired) electrons. The van der Waals surface area contributed by atoms with E-state index in [0.29, 0.717) is 0 Å². The maximum Gasteiger partial charge on any atom is 0.0497 e. The second-order valence-electron chi connectivity index (χ2n) is 21.6. The van der Waals surface area contributed by atoms with Gasteiger partial charge in [-0.05, 0) is 171 Å². The van der Waals surface area contributed by atoms with Gasteiger partial charge in [-0.25, -0.2) is 0 Å². The molecule has 2 nitrogen and oxygen atoms in total. The molecule has 4 aliphatic rings. The molecule has 0 bridgehead atoms. The smallest absolute Gasteiger partial charge is 0.0497 e. The summed E-state index contributed by atoms with van der Waals surface area (Å²) in [6.07, 6.45) is 1.82. The lowest BCUT2D eigenvalue weighted by atomic mass is 9.79. The quantitative estimate of drug-likeness (QED) is 0.162. The van der Waals surface area contributed by atoms with E-state index in [-0.39, 0.29) is 10.8 Å². The molecular weight excluding hydrogens is 869 g/mol. The third-order valence-corrected chi connectivity index (χ3v) is 17.0. The lowest BCUT2D eigenvalue weighted by Gasteiger charge is -2.34. The van der Waals surface area contributed by atoms with Crippen LogP contribution in [0.5, 0.6) is 0 Å². The molecule has 0 atom stereocenters. The second kappa shape index (κ2) is 15.0. The monoisotopic (exact) mass is 920 g/mol. The average Bonchev–Trinajstić information content (AvgIpc) is 3.79. The molecule has 342 valence electrons. The van der Waals surface area contributed by atoms with Crippen molar-refractivity contribution in [2.24, 2.45) is 0 Å². The zero-order valence-corrected chi connectivity index (χ0v) is 41.1. The zero-order chi connectivity index (χ0) is 48.0. The van der Waals surface area contributed by atoms with Crippen LogP contribution in [0, 0.1) is 0 Å². The molecule has 0 fully saturated rings. The highest BCUT2D eigenvalue weighted by Gasteiger charge is 2.38. The van der Waals surface area contributed by atoms with Crippen molar-refractivity contribution in [1.82, 2.24) is 0 Å². The number of fused-ring (bicyclic) bond motifs is 12. The van der Waals surface area contributed by atoms with Crippen LogP contribution >= 0.6 is 0 Å². The summed E-state index contributed by atoms with van der Waals surface area (Å²) in [5.41, 5.74) is 28.2. The Morgan fingerprint density at radius 2 is 0.625 bits per heavy atom. The summed E-state index contributed by atoms with van der Waals surface area (Å²) in [6, 6.07) is 83.2. The minimum atomic E-state index is -0.166. The first kappa shape index (κ1) is 41.3. The first-order chi connectivity index (χ1) is 35.2. The van der Waals surface area contributed by atoms with Crippen LogP contribution in [0.15, 0.2) is 218 Å². The van der Waals surface area contributed by atoms with Crippen molar-refractivity contribution < 1.29 is 0 Å². The normalized spacial score (nSPS) is 15.0. The molecule has 0 unspecified atom stereocenters. The van der Waals surface area contributed by atoms with E-state index >= 15 is 0 Å². The molecule has 0 saturated carbocycles. The molecule has 72 heavy (non-hydrogen) atoms. The number of rotatable bonds is 4. The Bertz CT molecular complexity index is 3880. The summed E-state index contributed by atoms with van der Waals surface area (Å²) >= 11 is 0. The average molecular weight is 921 g/mol. The van der Waals surface area contributed by atoms with Crippen molar-refractivity contribution in [2.45, 2.75) is 51.4 Å². The Kier molecular flexibility index (Phi) is 8.63. The van der Waals surface area contributed by atoms with Gasteiger partial charge in [0, 0.05) is 57.8 Å². The van der Waals surface area contributed by atoms with E-state index in [1.54, 1.807) is 0 Å². The first-order valence-electron chi connectivity index (χ1n) is 25.7. The van der Waals surface area contributed by atoms with Crippen LogP contribution in [0.3, 0.4) is 0 Å². The van der Waals surface area contributed by atoms with Gasteiger partial charge >= 0.3 is 0 Å². The summed E-state index contributed by atoms with van der Waals surface area (Å²) in [7, 11) is 0. The highest BCUT2D eigenvalue weighted by molar-refractivity contribution is 6.23. The summed E-state index contributed by atoms with van der Waals surface area (Å²) < 4.78 is 0. The Labute approximate surface area is 422 Å². The van der Waals surface area contributed by atoms with E-state index in [1.165, 1.54) is 133 Å². The molecule has 0 amide bonds. The van der Waals surface area contributed by atoms with Crippen LogP contribution in [0.4, 0.5) is 34.1 Å². The minimum Gasteiger partial charge on any atom is -0.310 e. The molecule has 15 rings (SSSR count). The number of para-hydroxylation sites is 4. The summed E-state index contributed by atoms with van der Waals surface area (Å²) in [5, 5.41) is 4.97. The van der Waals surface area contributed by atoms with Gasteiger partial charge in [0.2, 0.25) is 0 Å². The van der Waals surface area contributed by atoms with Crippen molar-refractivity contribution in [1.29, 1.82) is 0 Å². The zero-order valence-electron chi connectivity index (χ0n) is 41.1. The molecule has 0 saturated heterocycles. The Balaban J connectivity index is 1.07. The van der Waals surface area contributed by atoms with Gasteiger partial charge in [0.05, 0.1) is 0 Å². The number of hydrogen-bond acceptors (Lipinski definition) is 2. The molecule has 0 N–H and O–H groups in total. The van der Waals surface area contributed by atoms with Crippen molar-refractivity contribution in [2.75, 3.05) is 9.80 Å². The maximum absolute atomic E-state index is 2.54. The molecule has 0 aromatic heterocycles. The van der Waals surface area contributed by atoms with E-state index in [0.717, 1.165) is 24.2 Å². The highest BCUT2D eigenvalue weighted by Crippen LogP contribution is 2.56. The van der Waals surface area contributed by atoms with Crippen LogP contribution in [-0.4, -0.2) is 0 Å². The predicted molar refractivity (Wildman–Crippen MR) is 302 cm³/mol. The third-order valence-electron chi connectivity index (χ3n) is 17.0. The molecule has 11 aromatic carbocycles. The van der Waals surface area contributed by atoms with E-state index in [2.05, 4.69) is 256 Å². The molecule has 2 heteroatoms. The fraction of sp³-hybridized carbons (Fsp3) is 0.114. The van der Waals surface area contributed by atoms with Gasteiger partial charge < -0.3 is 9.80 Å². The second-order valence-corrected chi connectivity index (χ2v) is 21.6. The topological polar surface area (TPSA) is 6.48 Å². The van der Waals surface area contributed by atoms with Crippen LogP contribution in [0.2, 0.25) is 0 Å². The number of benzene rings is 11. The fourth-order valence-electron chi connectivity index (χ4n) is 13.6. The van der Waals surface area contributed by atoms with Crippen molar-refractivity contribution in [3.05, 3.63) is 263 Å². The van der Waals surface area contributed by atoms with Gasteiger partial charge in [-0.2, -0.15) is 0 Å². The maximum atomic E-state index is 2.54. The standard InChI is InChI=1S/C70H52N2/c1-69(2)59-23-11-9-21-51(59)53-33-29-47(39-61(53)69)67-55-35-31-49(71-63-25-13-5-17-43(63)37-44-18-6-14-26-64(44)71)41-57(55)68(48-30-34-54-52-22-10-12-24-60(52)70(3,4)62(54)40-48)58-42-50(32-36-56(58)67)72-65-27-15-7-19-45(65)38-46-20-8-16-28-66(46)72/h5-36,39-42H,37-38H2,1-4H3. The third kappa shape index (κ3) is 5.78. The molecule has 2 heterocycles. The fourth-order valence-corrected chi connectivity index (χ4v) is 13.6. The largest absolute Gasteiger partial charge is 0.310 e. The van der Waals surface area contributed by atoms with Crippen LogP contribution in [0.1, 0.15) is 72.2 Å². The molecule has 0 spiro atoms. The highest BCUT2D eigenvalue weighted by atomic mass is 15.2. The SMILES string of the molecule is CC1(C)c2ccccc2-c2ccc(-c3c4ccc(N5c6ccccc6Cc6ccccc65)cc4c(-c4ccc5c(c4)C(C)(C)c4ccccc4-5)c4cc(N5c6ccccc6Cc6ccccc65)ccc34)cc21. The number of anilines is 6. The predicted octanol–water partition coefficient (Wildman–Crippen LogP) is 18.7. The molecule has 2 aliphatic heterocycles. The van der Waals surface area contributed by atoms with Gasteiger partial charge in [0.1, 0.15) is 0 Å². The van der Waals surface area contributed by atoms with Crippen molar-refractivity contribution in [3.63, 3.8) is 0 Å². The lowest BCUT2D eigenvalue weighted by Crippen LogP contribution is -2.18. The number of hydrogen-bond donors (Lipinski definition) is 0. The lowest BCUT2D eigenvalue weighted by molar-refractivity contribution is 0.660. The Morgan fingerprint density at radius 1 is 0.292 bits per heavy atom. The van der Waals surface area contributed by atoms with Crippen LogP contribution in [-0.2, 0) is 23.7 Å². The Morgan fingerprint density at radius 3 is 1.03 bits per heavy atom. The van der Waals surface area contributed by atoms with Crippen LogP contribution < -0.4 is 9.80 Å². The van der Waals surface area contributed by atoms with Gasteiger partial charge in [-0.1, -0.05) is 185 Å². The summed E-state index contributed by atoms with van der Waals surface area (Å²) in [4.78, 5) is 5.02. The molecular formula is C70H52N2. The van der Waals surface area contributed by atoms with Gasteiger partial charge in [0.25, 0.3) is 0 Å². The van der Waals surface area contributed by atoms with E-state index in [4.69, 9.17) is 0 Å². The minimum absolute atomic E-state index is 0.146. The van der Waals surface area contributed by atoms with Gasteiger partial charge in [-0.15, -0.1) is 0 Å². The number of nitrogens with zero attached hydrogens (tertiary/aromatic N) is 2. The van der Waals surface area contributed by atoms with Crippen molar-refractivity contribution in [3.8, 4) is 44.5 Å².